The van der Waals surface area contributed by atoms with Crippen LogP contribution < -0.4 is 19.5 Å². The van der Waals surface area contributed by atoms with Crippen molar-refractivity contribution < 1.29 is 28.6 Å². The second kappa shape index (κ2) is 11.4. The summed E-state index contributed by atoms with van der Waals surface area (Å²) in [6, 6.07) is 12.7. The van der Waals surface area contributed by atoms with Crippen molar-refractivity contribution >= 4 is 34.9 Å². The van der Waals surface area contributed by atoms with Crippen molar-refractivity contribution in [3.05, 3.63) is 58.5 Å². The minimum atomic E-state index is -0.400. The van der Waals surface area contributed by atoms with Crippen LogP contribution in [0, 0.1) is 6.92 Å². The SMILES string of the molecule is CCOc1ccc(/C=C2\SC(=O)N(CCNC(=O)COc3cccc(C)c3)C2=O)cc1OC. The molecule has 0 bridgehead atoms. The van der Waals surface area contributed by atoms with Crippen molar-refractivity contribution in [3.63, 3.8) is 0 Å². The Hall–Kier alpha value is -3.46. The number of carbonyl (C=O) groups excluding carboxylic acids is 3. The number of benzene rings is 2. The summed E-state index contributed by atoms with van der Waals surface area (Å²) in [4.78, 5) is 38.4. The first kappa shape index (κ1) is 24.2. The van der Waals surface area contributed by atoms with E-state index in [2.05, 4.69) is 5.32 Å². The minimum Gasteiger partial charge on any atom is -0.493 e. The Morgan fingerprint density at radius 1 is 1.12 bits per heavy atom. The summed E-state index contributed by atoms with van der Waals surface area (Å²) in [6.07, 6.45) is 1.64. The fourth-order valence-electron chi connectivity index (χ4n) is 3.11. The number of hydrogen-bond donors (Lipinski definition) is 1. The predicted molar refractivity (Wildman–Crippen MR) is 127 cm³/mol. The lowest BCUT2D eigenvalue weighted by Crippen LogP contribution is -2.38. The lowest BCUT2D eigenvalue weighted by Gasteiger charge is -2.13. The molecule has 1 saturated heterocycles. The van der Waals surface area contributed by atoms with E-state index in [0.29, 0.717) is 34.3 Å². The van der Waals surface area contributed by atoms with Gasteiger partial charge in [-0.2, -0.15) is 0 Å². The van der Waals surface area contributed by atoms with Gasteiger partial charge in [0.2, 0.25) is 0 Å². The molecule has 0 aliphatic carbocycles. The van der Waals surface area contributed by atoms with E-state index in [1.807, 2.05) is 32.0 Å². The number of nitrogens with zero attached hydrogens (tertiary/aromatic N) is 1. The Kier molecular flexibility index (Phi) is 8.37. The summed E-state index contributed by atoms with van der Waals surface area (Å²) in [5.74, 6) is 1.02. The molecule has 1 N–H and O–H groups in total. The molecular weight excluding hydrogens is 444 g/mol. The number of thioether (sulfide) groups is 1. The highest BCUT2D eigenvalue weighted by Crippen LogP contribution is 2.34. The summed E-state index contributed by atoms with van der Waals surface area (Å²) in [5, 5.41) is 2.28. The molecule has 0 saturated carbocycles. The maximum absolute atomic E-state index is 12.7. The van der Waals surface area contributed by atoms with Crippen LogP contribution in [0.3, 0.4) is 0 Å². The standard InChI is InChI=1S/C24H26N2O6S/c1-4-31-19-9-8-17(13-20(19)30-3)14-21-23(28)26(24(29)33-21)11-10-25-22(27)15-32-18-7-5-6-16(2)12-18/h5-9,12-14H,4,10-11,15H2,1-3H3,(H,25,27)/b21-14-. The van der Waals surface area contributed by atoms with Gasteiger partial charge in [-0.25, -0.2) is 0 Å². The van der Waals surface area contributed by atoms with Crippen LogP contribution in [0.2, 0.25) is 0 Å². The molecule has 1 aliphatic rings. The summed E-state index contributed by atoms with van der Waals surface area (Å²) < 4.78 is 16.3. The van der Waals surface area contributed by atoms with Gasteiger partial charge in [-0.15, -0.1) is 0 Å². The number of methoxy groups -OCH3 is 1. The summed E-state index contributed by atoms with van der Waals surface area (Å²) in [6.45, 7) is 4.38. The molecule has 1 heterocycles. The second-order valence-corrected chi connectivity index (χ2v) is 8.12. The fourth-order valence-corrected chi connectivity index (χ4v) is 3.97. The highest BCUT2D eigenvalue weighted by Gasteiger charge is 2.34. The van der Waals surface area contributed by atoms with Gasteiger partial charge in [0.15, 0.2) is 18.1 Å². The number of hydrogen-bond acceptors (Lipinski definition) is 7. The number of rotatable bonds is 10. The molecule has 3 amide bonds. The molecule has 1 fully saturated rings. The first-order valence-corrected chi connectivity index (χ1v) is 11.2. The van der Waals surface area contributed by atoms with E-state index in [1.54, 1.807) is 30.3 Å². The average molecular weight is 471 g/mol. The number of carbonyl (C=O) groups is 3. The minimum absolute atomic E-state index is 0.0742. The predicted octanol–water partition coefficient (Wildman–Crippen LogP) is 3.63. The Labute approximate surface area is 196 Å². The van der Waals surface area contributed by atoms with Crippen LogP contribution in [-0.4, -0.2) is 55.4 Å². The zero-order valence-electron chi connectivity index (χ0n) is 18.8. The monoisotopic (exact) mass is 470 g/mol. The summed E-state index contributed by atoms with van der Waals surface area (Å²) in [5.41, 5.74) is 1.74. The van der Waals surface area contributed by atoms with Gasteiger partial charge in [-0.1, -0.05) is 18.2 Å². The number of ether oxygens (including phenoxy) is 3. The molecule has 0 aromatic heterocycles. The van der Waals surface area contributed by atoms with Crippen LogP contribution >= 0.6 is 11.8 Å². The highest BCUT2D eigenvalue weighted by molar-refractivity contribution is 8.18. The number of nitrogens with one attached hydrogen (secondary N) is 1. The molecule has 0 spiro atoms. The zero-order chi connectivity index (χ0) is 23.8. The van der Waals surface area contributed by atoms with Crippen molar-refractivity contribution in [3.8, 4) is 17.2 Å². The van der Waals surface area contributed by atoms with Crippen molar-refractivity contribution in [1.29, 1.82) is 0 Å². The van der Waals surface area contributed by atoms with Crippen LogP contribution in [0.5, 0.6) is 17.2 Å². The Balaban J connectivity index is 1.53. The summed E-state index contributed by atoms with van der Waals surface area (Å²) in [7, 11) is 1.54. The lowest BCUT2D eigenvalue weighted by atomic mass is 10.2. The Morgan fingerprint density at radius 2 is 1.94 bits per heavy atom. The smallest absolute Gasteiger partial charge is 0.293 e. The highest BCUT2D eigenvalue weighted by atomic mass is 32.2. The molecule has 0 atom stereocenters. The zero-order valence-corrected chi connectivity index (χ0v) is 19.6. The van der Waals surface area contributed by atoms with E-state index in [0.717, 1.165) is 22.2 Å². The van der Waals surface area contributed by atoms with Gasteiger partial charge in [0, 0.05) is 13.1 Å². The van der Waals surface area contributed by atoms with E-state index < -0.39 is 5.91 Å². The first-order chi connectivity index (χ1) is 15.9. The maximum Gasteiger partial charge on any atom is 0.293 e. The molecule has 1 aliphatic heterocycles. The van der Waals surface area contributed by atoms with Crippen LogP contribution in [0.15, 0.2) is 47.4 Å². The molecule has 0 unspecified atom stereocenters. The van der Waals surface area contributed by atoms with Gasteiger partial charge < -0.3 is 19.5 Å². The molecule has 0 radical (unpaired) electrons. The second-order valence-electron chi connectivity index (χ2n) is 7.13. The molecule has 2 aromatic rings. The van der Waals surface area contributed by atoms with Gasteiger partial charge in [0.05, 0.1) is 18.6 Å². The molecule has 2 aromatic carbocycles. The third-order valence-electron chi connectivity index (χ3n) is 4.68. The molecule has 8 nitrogen and oxygen atoms in total. The normalized spacial score (nSPS) is 14.5. The topological polar surface area (TPSA) is 94.2 Å². The molecule has 174 valence electrons. The number of imide groups is 1. The van der Waals surface area contributed by atoms with Gasteiger partial charge in [-0.05, 0) is 67.1 Å². The van der Waals surface area contributed by atoms with Crippen LogP contribution in [0.25, 0.3) is 6.08 Å². The van der Waals surface area contributed by atoms with E-state index in [9.17, 15) is 14.4 Å². The fraction of sp³-hybridized carbons (Fsp3) is 0.292. The van der Waals surface area contributed by atoms with E-state index in [4.69, 9.17) is 14.2 Å². The molecule has 33 heavy (non-hydrogen) atoms. The van der Waals surface area contributed by atoms with Crippen molar-refractivity contribution in [1.82, 2.24) is 10.2 Å². The quantitative estimate of drug-likeness (QED) is 0.530. The van der Waals surface area contributed by atoms with Crippen molar-refractivity contribution in [2.24, 2.45) is 0 Å². The third-order valence-corrected chi connectivity index (χ3v) is 5.58. The van der Waals surface area contributed by atoms with Crippen molar-refractivity contribution in [2.75, 3.05) is 33.4 Å². The van der Waals surface area contributed by atoms with E-state index >= 15 is 0 Å². The maximum atomic E-state index is 12.7. The van der Waals surface area contributed by atoms with Crippen LogP contribution in [0.4, 0.5) is 4.79 Å². The van der Waals surface area contributed by atoms with E-state index in [1.165, 1.54) is 7.11 Å². The van der Waals surface area contributed by atoms with Gasteiger partial charge in [0.25, 0.3) is 17.1 Å². The third kappa shape index (κ3) is 6.52. The van der Waals surface area contributed by atoms with Crippen LogP contribution in [0.1, 0.15) is 18.1 Å². The Bertz CT molecular complexity index is 1070. The van der Waals surface area contributed by atoms with E-state index in [-0.39, 0.29) is 30.8 Å². The molecule has 3 rings (SSSR count). The average Bonchev–Trinajstić information content (AvgIpc) is 3.06. The Morgan fingerprint density at radius 3 is 2.67 bits per heavy atom. The summed E-state index contributed by atoms with van der Waals surface area (Å²) >= 11 is 0.861. The van der Waals surface area contributed by atoms with Crippen molar-refractivity contribution in [2.45, 2.75) is 13.8 Å². The number of amides is 3. The molecular formula is C24H26N2O6S. The van der Waals surface area contributed by atoms with Gasteiger partial charge in [-0.3, -0.25) is 19.3 Å². The van der Waals surface area contributed by atoms with Gasteiger partial charge >= 0.3 is 0 Å². The largest absolute Gasteiger partial charge is 0.493 e. The first-order valence-electron chi connectivity index (χ1n) is 10.4. The van der Waals surface area contributed by atoms with Crippen LogP contribution in [-0.2, 0) is 9.59 Å². The number of aryl methyl sites for hydroxylation is 1. The van der Waals surface area contributed by atoms with Gasteiger partial charge in [0.1, 0.15) is 5.75 Å². The lowest BCUT2D eigenvalue weighted by molar-refractivity contribution is -0.125. The molecule has 9 heteroatoms.